The lowest BCUT2D eigenvalue weighted by molar-refractivity contribution is -0.130. The molecule has 0 saturated carbocycles. The average molecular weight is 487 g/mol. The Morgan fingerprint density at radius 2 is 1.85 bits per heavy atom. The van der Waals surface area contributed by atoms with Gasteiger partial charge in [-0.2, -0.15) is 0 Å². The van der Waals surface area contributed by atoms with E-state index < -0.39 is 11.5 Å². The molecule has 2 N–H and O–H groups in total. The van der Waals surface area contributed by atoms with Crippen molar-refractivity contribution in [3.05, 3.63) is 58.5 Å². The third kappa shape index (κ3) is 5.91. The van der Waals surface area contributed by atoms with E-state index in [-0.39, 0.29) is 42.6 Å². The van der Waals surface area contributed by atoms with Crippen molar-refractivity contribution in [2.75, 3.05) is 27.2 Å². The summed E-state index contributed by atoms with van der Waals surface area (Å²) in [4.78, 5) is 40.7. The Labute approximate surface area is 200 Å². The van der Waals surface area contributed by atoms with E-state index in [0.29, 0.717) is 15.0 Å². The van der Waals surface area contributed by atoms with Crippen LogP contribution in [0.5, 0.6) is 17.2 Å². The highest BCUT2D eigenvalue weighted by Crippen LogP contribution is 2.33. The molecule has 0 spiro atoms. The first-order valence-electron chi connectivity index (χ1n) is 9.88. The molecule has 0 aliphatic carbocycles. The van der Waals surface area contributed by atoms with Crippen molar-refractivity contribution in [2.45, 2.75) is 6.42 Å². The number of ether oxygens (including phenoxy) is 1. The van der Waals surface area contributed by atoms with Crippen LogP contribution in [0, 0.1) is 0 Å². The van der Waals surface area contributed by atoms with Crippen LogP contribution in [0.2, 0.25) is 0 Å². The minimum atomic E-state index is -0.410. The lowest BCUT2D eigenvalue weighted by atomic mass is 10.1. The molecule has 10 heteroatoms. The van der Waals surface area contributed by atoms with Crippen molar-refractivity contribution in [3.8, 4) is 17.2 Å². The number of ketones is 1. The van der Waals surface area contributed by atoms with Crippen molar-refractivity contribution >= 4 is 52.0 Å². The van der Waals surface area contributed by atoms with Gasteiger partial charge in [0.15, 0.2) is 17.3 Å². The van der Waals surface area contributed by atoms with Gasteiger partial charge >= 0.3 is 0 Å². The van der Waals surface area contributed by atoms with Gasteiger partial charge < -0.3 is 19.8 Å². The zero-order chi connectivity index (χ0) is 24.1. The molecular weight excluding hydrogens is 464 g/mol. The molecule has 2 aromatic carbocycles. The van der Waals surface area contributed by atoms with Gasteiger partial charge in [0.25, 0.3) is 5.91 Å². The summed E-state index contributed by atoms with van der Waals surface area (Å²) in [7, 11) is 3.06. The number of likely N-dealkylation sites (N-methyl/N-ethyl adjacent to an activating group) is 1. The smallest absolute Gasteiger partial charge is 0.266 e. The minimum absolute atomic E-state index is 0.00708. The molecule has 1 aliphatic heterocycles. The number of benzene rings is 2. The van der Waals surface area contributed by atoms with Gasteiger partial charge in [-0.25, -0.2) is 0 Å². The van der Waals surface area contributed by atoms with Crippen LogP contribution in [0.1, 0.15) is 22.3 Å². The van der Waals surface area contributed by atoms with Crippen LogP contribution < -0.4 is 4.74 Å². The van der Waals surface area contributed by atoms with Gasteiger partial charge in [0.05, 0.1) is 18.6 Å². The molecule has 0 atom stereocenters. The van der Waals surface area contributed by atoms with Crippen LogP contribution in [-0.2, 0) is 9.59 Å². The van der Waals surface area contributed by atoms with Crippen molar-refractivity contribution in [1.82, 2.24) is 9.80 Å². The van der Waals surface area contributed by atoms with Gasteiger partial charge in [0.2, 0.25) is 5.91 Å². The number of hydrogen-bond donors (Lipinski definition) is 2. The lowest BCUT2D eigenvalue weighted by Crippen LogP contribution is -2.36. The average Bonchev–Trinajstić information content (AvgIpc) is 3.06. The number of phenolic OH excluding ortho intramolecular Hbond substituents is 2. The van der Waals surface area contributed by atoms with Gasteiger partial charge in [-0.3, -0.25) is 19.3 Å². The van der Waals surface area contributed by atoms with E-state index >= 15 is 0 Å². The molecule has 172 valence electrons. The molecular formula is C23H22N2O6S2. The molecule has 1 aliphatic rings. The van der Waals surface area contributed by atoms with Gasteiger partial charge in [0.1, 0.15) is 10.1 Å². The van der Waals surface area contributed by atoms with E-state index in [4.69, 9.17) is 17.0 Å². The van der Waals surface area contributed by atoms with Gasteiger partial charge in [-0.1, -0.05) is 36.1 Å². The SMILES string of the molecule is COc1ccc(/C=C2/SC(=S)N(CCC(=O)N(C)CC(=O)c3ccc(O)c(O)c3)C2=O)cc1. The number of Topliss-reactive ketones (excluding diaryl/α,β-unsaturated/α-hetero) is 1. The summed E-state index contributed by atoms with van der Waals surface area (Å²) in [6, 6.07) is 11.0. The number of methoxy groups -OCH3 is 1. The second-order valence-corrected chi connectivity index (χ2v) is 8.91. The normalized spacial score (nSPS) is 14.6. The maximum atomic E-state index is 12.7. The summed E-state index contributed by atoms with van der Waals surface area (Å²) in [6.07, 6.45) is 1.73. The van der Waals surface area contributed by atoms with Crippen LogP contribution in [0.25, 0.3) is 6.08 Å². The number of thioether (sulfide) groups is 1. The Kier molecular flexibility index (Phi) is 7.72. The Bertz CT molecular complexity index is 1130. The van der Waals surface area contributed by atoms with Gasteiger partial charge in [-0.05, 0) is 42.0 Å². The van der Waals surface area contributed by atoms with E-state index in [1.165, 1.54) is 40.7 Å². The summed E-state index contributed by atoms with van der Waals surface area (Å²) >= 11 is 6.48. The Morgan fingerprint density at radius 3 is 2.48 bits per heavy atom. The molecule has 1 fully saturated rings. The van der Waals surface area contributed by atoms with Crippen molar-refractivity contribution in [3.63, 3.8) is 0 Å². The number of nitrogens with zero attached hydrogens (tertiary/aromatic N) is 2. The number of carbonyl (C=O) groups is 3. The van der Waals surface area contributed by atoms with E-state index in [1.807, 2.05) is 12.1 Å². The van der Waals surface area contributed by atoms with E-state index in [9.17, 15) is 24.6 Å². The second kappa shape index (κ2) is 10.5. The fourth-order valence-corrected chi connectivity index (χ4v) is 4.34. The molecule has 8 nitrogen and oxygen atoms in total. The van der Waals surface area contributed by atoms with E-state index in [1.54, 1.807) is 25.3 Å². The molecule has 0 aromatic heterocycles. The van der Waals surface area contributed by atoms with Crippen LogP contribution in [-0.4, -0.2) is 69.2 Å². The summed E-state index contributed by atoms with van der Waals surface area (Å²) in [6.45, 7) is -0.110. The number of rotatable bonds is 8. The van der Waals surface area contributed by atoms with Crippen LogP contribution >= 0.6 is 24.0 Å². The molecule has 0 unspecified atom stereocenters. The minimum Gasteiger partial charge on any atom is -0.504 e. The second-order valence-electron chi connectivity index (χ2n) is 7.23. The highest BCUT2D eigenvalue weighted by Gasteiger charge is 2.32. The first-order valence-corrected chi connectivity index (χ1v) is 11.1. The summed E-state index contributed by atoms with van der Waals surface area (Å²) in [5, 5.41) is 18.9. The number of phenols is 2. The lowest BCUT2D eigenvalue weighted by Gasteiger charge is -2.19. The van der Waals surface area contributed by atoms with E-state index in [0.717, 1.165) is 11.6 Å². The molecule has 1 heterocycles. The highest BCUT2D eigenvalue weighted by molar-refractivity contribution is 8.26. The third-order valence-electron chi connectivity index (χ3n) is 4.94. The third-order valence-corrected chi connectivity index (χ3v) is 6.32. The zero-order valence-electron chi connectivity index (χ0n) is 18.0. The van der Waals surface area contributed by atoms with Crippen molar-refractivity contribution in [2.24, 2.45) is 0 Å². The van der Waals surface area contributed by atoms with E-state index in [2.05, 4.69) is 0 Å². The van der Waals surface area contributed by atoms with Crippen molar-refractivity contribution < 1.29 is 29.3 Å². The Morgan fingerprint density at radius 1 is 1.15 bits per heavy atom. The number of hydrogen-bond acceptors (Lipinski definition) is 8. The van der Waals surface area contributed by atoms with Gasteiger partial charge in [0, 0.05) is 25.6 Å². The quantitative estimate of drug-likeness (QED) is 0.254. The number of aromatic hydroxyl groups is 2. The summed E-state index contributed by atoms with van der Waals surface area (Å²) in [5.74, 6) is -1.03. The topological polar surface area (TPSA) is 107 Å². The zero-order valence-corrected chi connectivity index (χ0v) is 19.6. The number of amides is 2. The van der Waals surface area contributed by atoms with Crippen LogP contribution in [0.4, 0.5) is 0 Å². The monoisotopic (exact) mass is 486 g/mol. The number of thiocarbonyl (C=S) groups is 1. The highest BCUT2D eigenvalue weighted by atomic mass is 32.2. The largest absolute Gasteiger partial charge is 0.504 e. The molecule has 33 heavy (non-hydrogen) atoms. The predicted molar refractivity (Wildman–Crippen MR) is 129 cm³/mol. The first-order chi connectivity index (χ1) is 15.7. The fourth-order valence-electron chi connectivity index (χ4n) is 3.03. The molecule has 0 radical (unpaired) electrons. The fraction of sp³-hybridized carbons (Fsp3) is 0.217. The van der Waals surface area contributed by atoms with Gasteiger partial charge in [-0.15, -0.1) is 0 Å². The molecule has 1 saturated heterocycles. The van der Waals surface area contributed by atoms with Crippen LogP contribution in [0.15, 0.2) is 47.4 Å². The van der Waals surface area contributed by atoms with Crippen molar-refractivity contribution in [1.29, 1.82) is 0 Å². The summed E-state index contributed by atoms with van der Waals surface area (Å²) in [5.41, 5.74) is 0.997. The molecule has 0 bridgehead atoms. The first kappa shape index (κ1) is 24.3. The molecule has 2 amide bonds. The Balaban J connectivity index is 1.56. The summed E-state index contributed by atoms with van der Waals surface area (Å²) < 4.78 is 5.49. The molecule has 2 aromatic rings. The predicted octanol–water partition coefficient (Wildman–Crippen LogP) is 3.04. The molecule has 3 rings (SSSR count). The standard InChI is InChI=1S/C23H22N2O6S2/c1-24(13-19(28)15-5-8-17(26)18(27)12-15)21(29)9-10-25-22(30)20(33-23(25)32)11-14-3-6-16(31-2)7-4-14/h3-8,11-12,26-27H,9-10,13H2,1-2H3/b20-11+. The van der Waals surface area contributed by atoms with Crippen LogP contribution in [0.3, 0.4) is 0 Å². The maximum Gasteiger partial charge on any atom is 0.266 e. The number of carbonyl (C=O) groups excluding carboxylic acids is 3. The maximum absolute atomic E-state index is 12.7. The Hall–Kier alpha value is -3.37.